The molecule has 0 aliphatic carbocycles. The van der Waals surface area contributed by atoms with Gasteiger partial charge in [-0.05, 0) is 25.2 Å². The van der Waals surface area contributed by atoms with Crippen molar-refractivity contribution in [2.24, 2.45) is 4.99 Å². The lowest BCUT2D eigenvalue weighted by atomic mass is 10.2. The summed E-state index contributed by atoms with van der Waals surface area (Å²) in [5.74, 6) is -0.155. The smallest absolute Gasteiger partial charge is 0.247 e. The fraction of sp³-hybridized carbons (Fsp3) is 0.273. The Morgan fingerprint density at radius 2 is 2.29 bits per heavy atom. The summed E-state index contributed by atoms with van der Waals surface area (Å²) >= 11 is 11.7. The van der Waals surface area contributed by atoms with Crippen LogP contribution < -0.4 is 5.32 Å². The van der Waals surface area contributed by atoms with E-state index in [0.717, 1.165) is 0 Å². The van der Waals surface area contributed by atoms with Crippen molar-refractivity contribution in [1.29, 1.82) is 0 Å². The fourth-order valence-corrected chi connectivity index (χ4v) is 2.00. The van der Waals surface area contributed by atoms with Gasteiger partial charge in [0.15, 0.2) is 0 Å². The summed E-state index contributed by atoms with van der Waals surface area (Å²) < 4.78 is 0. The largest absolute Gasteiger partial charge is 0.323 e. The number of anilines is 1. The van der Waals surface area contributed by atoms with Crippen molar-refractivity contribution < 1.29 is 4.79 Å². The van der Waals surface area contributed by atoms with E-state index in [1.807, 2.05) is 11.9 Å². The average molecular weight is 272 g/mol. The van der Waals surface area contributed by atoms with Crippen LogP contribution in [0.4, 0.5) is 5.69 Å². The molecule has 1 amide bonds. The Bertz CT molecular complexity index is 476. The molecule has 1 aliphatic heterocycles. The molecule has 4 nitrogen and oxygen atoms in total. The first kappa shape index (κ1) is 12.4. The standard InChI is InChI=1S/C11H11Cl2N3O/c1-16-6-14-5-10(16)11(17)15-9-3-2-7(12)4-8(9)13/h2-5,10H,6H2,1H3,(H,15,17). The molecular formula is C11H11Cl2N3O. The van der Waals surface area contributed by atoms with E-state index in [1.54, 1.807) is 24.4 Å². The molecule has 6 heteroatoms. The second-order valence-corrected chi connectivity index (χ2v) is 4.63. The van der Waals surface area contributed by atoms with Crippen LogP contribution in [0.5, 0.6) is 0 Å². The average Bonchev–Trinajstić information content (AvgIpc) is 2.68. The molecule has 0 saturated carbocycles. The van der Waals surface area contributed by atoms with Crippen LogP contribution in [0.15, 0.2) is 23.2 Å². The molecule has 1 heterocycles. The van der Waals surface area contributed by atoms with Gasteiger partial charge < -0.3 is 5.32 Å². The molecule has 0 bridgehead atoms. The van der Waals surface area contributed by atoms with Gasteiger partial charge in [0.05, 0.1) is 17.4 Å². The summed E-state index contributed by atoms with van der Waals surface area (Å²) in [5, 5.41) is 3.70. The second-order valence-electron chi connectivity index (χ2n) is 3.79. The van der Waals surface area contributed by atoms with Gasteiger partial charge in [0.25, 0.3) is 0 Å². The maximum absolute atomic E-state index is 11.9. The molecule has 2 rings (SSSR count). The van der Waals surface area contributed by atoms with Crippen LogP contribution in [-0.4, -0.2) is 36.8 Å². The Labute approximate surface area is 109 Å². The first-order valence-electron chi connectivity index (χ1n) is 5.04. The zero-order chi connectivity index (χ0) is 12.4. The Morgan fingerprint density at radius 1 is 1.53 bits per heavy atom. The Hall–Kier alpha value is -1.10. The number of carbonyl (C=O) groups excluding carboxylic acids is 1. The van der Waals surface area contributed by atoms with Crippen molar-refractivity contribution >= 4 is 41.0 Å². The summed E-state index contributed by atoms with van der Waals surface area (Å²) in [6.45, 7) is 0.534. The van der Waals surface area contributed by atoms with Crippen LogP contribution in [-0.2, 0) is 4.79 Å². The first-order chi connectivity index (χ1) is 8.08. The van der Waals surface area contributed by atoms with Crippen molar-refractivity contribution in [2.45, 2.75) is 6.04 Å². The number of nitrogens with one attached hydrogen (secondary N) is 1. The van der Waals surface area contributed by atoms with E-state index < -0.39 is 0 Å². The zero-order valence-corrected chi connectivity index (χ0v) is 10.7. The molecule has 0 spiro atoms. The summed E-state index contributed by atoms with van der Waals surface area (Å²) in [4.78, 5) is 17.8. The summed E-state index contributed by atoms with van der Waals surface area (Å²) in [5.41, 5.74) is 0.551. The number of benzene rings is 1. The molecule has 1 atom stereocenters. The molecule has 1 unspecified atom stereocenters. The maximum Gasteiger partial charge on any atom is 0.247 e. The summed E-state index contributed by atoms with van der Waals surface area (Å²) in [7, 11) is 1.83. The number of halogens is 2. The number of likely N-dealkylation sites (N-methyl/N-ethyl adjacent to an activating group) is 1. The van der Waals surface area contributed by atoms with Gasteiger partial charge >= 0.3 is 0 Å². The number of amides is 1. The number of hydrogen-bond donors (Lipinski definition) is 1. The van der Waals surface area contributed by atoms with Gasteiger partial charge in [-0.1, -0.05) is 23.2 Å². The van der Waals surface area contributed by atoms with Gasteiger partial charge in [-0.2, -0.15) is 0 Å². The Morgan fingerprint density at radius 3 is 2.88 bits per heavy atom. The first-order valence-corrected chi connectivity index (χ1v) is 5.79. The van der Waals surface area contributed by atoms with E-state index >= 15 is 0 Å². The third-order valence-corrected chi connectivity index (χ3v) is 3.03. The van der Waals surface area contributed by atoms with Gasteiger partial charge in [0, 0.05) is 11.2 Å². The SMILES string of the molecule is CN1CN=CC1C(=O)Nc1ccc(Cl)cc1Cl. The molecule has 0 saturated heterocycles. The van der Waals surface area contributed by atoms with Crippen molar-refractivity contribution in [3.63, 3.8) is 0 Å². The molecule has 1 aromatic carbocycles. The highest BCUT2D eigenvalue weighted by atomic mass is 35.5. The lowest BCUT2D eigenvalue weighted by molar-refractivity contribution is -0.118. The number of carbonyl (C=O) groups is 1. The van der Waals surface area contributed by atoms with E-state index in [2.05, 4.69) is 10.3 Å². The molecule has 1 aliphatic rings. The quantitative estimate of drug-likeness (QED) is 0.897. The topological polar surface area (TPSA) is 44.7 Å². The van der Waals surface area contributed by atoms with Crippen molar-refractivity contribution in [3.8, 4) is 0 Å². The van der Waals surface area contributed by atoms with Gasteiger partial charge in [-0.3, -0.25) is 14.7 Å². The monoisotopic (exact) mass is 271 g/mol. The Kier molecular flexibility index (Phi) is 3.66. The van der Waals surface area contributed by atoms with Gasteiger partial charge in [-0.25, -0.2) is 0 Å². The molecule has 1 aromatic rings. The van der Waals surface area contributed by atoms with E-state index in [0.29, 0.717) is 22.4 Å². The fourth-order valence-electron chi connectivity index (χ4n) is 1.54. The minimum Gasteiger partial charge on any atom is -0.323 e. The minimum absolute atomic E-state index is 0.155. The third-order valence-electron chi connectivity index (χ3n) is 2.48. The van der Waals surface area contributed by atoms with Gasteiger partial charge in [-0.15, -0.1) is 0 Å². The van der Waals surface area contributed by atoms with Crippen LogP contribution in [0.1, 0.15) is 0 Å². The van der Waals surface area contributed by atoms with E-state index in [-0.39, 0.29) is 11.9 Å². The predicted molar refractivity (Wildman–Crippen MR) is 70.0 cm³/mol. The summed E-state index contributed by atoms with van der Waals surface area (Å²) in [6.07, 6.45) is 1.62. The van der Waals surface area contributed by atoms with Crippen molar-refractivity contribution in [3.05, 3.63) is 28.2 Å². The highest BCUT2D eigenvalue weighted by Gasteiger charge is 2.24. The number of hydrogen-bond acceptors (Lipinski definition) is 3. The van der Waals surface area contributed by atoms with Crippen LogP contribution in [0.3, 0.4) is 0 Å². The number of nitrogens with zero attached hydrogens (tertiary/aromatic N) is 2. The molecular weight excluding hydrogens is 261 g/mol. The highest BCUT2D eigenvalue weighted by Crippen LogP contribution is 2.25. The van der Waals surface area contributed by atoms with Crippen LogP contribution in [0.25, 0.3) is 0 Å². The lowest BCUT2D eigenvalue weighted by Gasteiger charge is -2.17. The lowest BCUT2D eigenvalue weighted by Crippen LogP contribution is -2.39. The normalized spacial score (nSPS) is 19.6. The second kappa shape index (κ2) is 5.04. The van der Waals surface area contributed by atoms with Crippen LogP contribution in [0.2, 0.25) is 10.0 Å². The van der Waals surface area contributed by atoms with Crippen LogP contribution in [0, 0.1) is 0 Å². The molecule has 17 heavy (non-hydrogen) atoms. The molecule has 90 valence electrons. The third kappa shape index (κ3) is 2.77. The molecule has 0 aromatic heterocycles. The molecule has 0 fully saturated rings. The van der Waals surface area contributed by atoms with E-state index in [4.69, 9.17) is 23.2 Å². The molecule has 0 radical (unpaired) electrons. The van der Waals surface area contributed by atoms with Crippen LogP contribution >= 0.6 is 23.2 Å². The van der Waals surface area contributed by atoms with Gasteiger partial charge in [0.2, 0.25) is 5.91 Å². The Balaban J connectivity index is 2.10. The van der Waals surface area contributed by atoms with E-state index in [1.165, 1.54) is 0 Å². The maximum atomic E-state index is 11.9. The predicted octanol–water partition coefficient (Wildman–Crippen LogP) is 2.27. The minimum atomic E-state index is -0.346. The summed E-state index contributed by atoms with van der Waals surface area (Å²) in [6, 6.07) is 4.59. The molecule has 1 N–H and O–H groups in total. The zero-order valence-electron chi connectivity index (χ0n) is 9.15. The number of aliphatic imine (C=N–C) groups is 1. The van der Waals surface area contributed by atoms with E-state index in [9.17, 15) is 4.79 Å². The number of rotatable bonds is 2. The van der Waals surface area contributed by atoms with Crippen molar-refractivity contribution in [2.75, 3.05) is 19.0 Å². The van der Waals surface area contributed by atoms with Gasteiger partial charge in [0.1, 0.15) is 6.04 Å². The van der Waals surface area contributed by atoms with Crippen molar-refractivity contribution in [1.82, 2.24) is 4.90 Å². The highest BCUT2D eigenvalue weighted by molar-refractivity contribution is 6.36.